The zero-order chi connectivity index (χ0) is 41.2. The molecule has 0 saturated heterocycles. The van der Waals surface area contributed by atoms with E-state index in [1.54, 1.807) is 0 Å². The Morgan fingerprint density at radius 2 is 0.883 bits per heavy atom. The molecule has 2 heterocycles. The van der Waals surface area contributed by atoms with Gasteiger partial charge in [-0.2, -0.15) is 0 Å². The van der Waals surface area contributed by atoms with E-state index in [1.807, 2.05) is 48.5 Å². The van der Waals surface area contributed by atoms with E-state index in [4.69, 9.17) is 22.0 Å². The first-order valence-corrected chi connectivity index (χ1v) is 22.9. The summed E-state index contributed by atoms with van der Waals surface area (Å²) in [6, 6.07) is 54.7. The molecule has 1 atom stereocenters. The van der Waals surface area contributed by atoms with E-state index in [2.05, 4.69) is 151 Å². The highest BCUT2D eigenvalue weighted by molar-refractivity contribution is 7.47. The van der Waals surface area contributed by atoms with Crippen molar-refractivity contribution in [2.75, 3.05) is 0 Å². The molecule has 0 fully saturated rings. The summed E-state index contributed by atoms with van der Waals surface area (Å²) >= 11 is 0. The summed E-state index contributed by atoms with van der Waals surface area (Å²) in [5.74, 6) is 2.22. The fourth-order valence-corrected chi connectivity index (χ4v) is 11.1. The Balaban J connectivity index is 1.27. The molecule has 7 heteroatoms. The molecule has 1 aromatic heterocycles. The van der Waals surface area contributed by atoms with E-state index in [0.29, 0.717) is 23.1 Å². The van der Waals surface area contributed by atoms with E-state index in [1.165, 1.54) is 16.7 Å². The van der Waals surface area contributed by atoms with Gasteiger partial charge < -0.3 is 22.0 Å². The first-order chi connectivity index (χ1) is 29.0. The summed E-state index contributed by atoms with van der Waals surface area (Å²) in [5.41, 5.74) is 8.65. The lowest BCUT2D eigenvalue weighted by atomic mass is 9.79. The lowest BCUT2D eigenvalue weighted by Crippen LogP contribution is -2.13. The summed E-state index contributed by atoms with van der Waals surface area (Å²) in [5, 5.41) is 6.34. The van der Waals surface area contributed by atoms with Gasteiger partial charge in [-0.05, 0) is 85.0 Å². The largest absolute Gasteiger partial charge is 0.453 e. The lowest BCUT2D eigenvalue weighted by Gasteiger charge is -2.28. The molecule has 9 aromatic rings. The van der Waals surface area contributed by atoms with Crippen LogP contribution in [0.3, 0.4) is 0 Å². The third kappa shape index (κ3) is 6.90. The predicted molar refractivity (Wildman–Crippen MR) is 250 cm³/mol. The van der Waals surface area contributed by atoms with Gasteiger partial charge in [0.25, 0.3) is 8.38 Å². The zero-order valence-electron chi connectivity index (χ0n) is 34.7. The summed E-state index contributed by atoms with van der Waals surface area (Å²) < 4.78 is 35.0. The van der Waals surface area contributed by atoms with Crippen LogP contribution in [-0.2, 0) is 17.0 Å². The van der Waals surface area contributed by atoms with E-state index >= 15 is 0 Å². The van der Waals surface area contributed by atoms with Gasteiger partial charge in [0.05, 0.1) is 6.16 Å². The number of para-hydroxylation sites is 3. The van der Waals surface area contributed by atoms with Crippen molar-refractivity contribution >= 4 is 60.1 Å². The van der Waals surface area contributed by atoms with Crippen molar-refractivity contribution in [1.29, 1.82) is 0 Å². The quantitative estimate of drug-likeness (QED) is 0.162. The van der Waals surface area contributed by atoms with Crippen LogP contribution in [0.15, 0.2) is 166 Å². The second kappa shape index (κ2) is 14.9. The van der Waals surface area contributed by atoms with Crippen molar-refractivity contribution in [2.45, 2.75) is 58.5 Å². The molecule has 10 rings (SSSR count). The minimum Gasteiger partial charge on any atom is -0.438 e. The summed E-state index contributed by atoms with van der Waals surface area (Å²) in [6.45, 7) is 13.5. The van der Waals surface area contributed by atoms with Gasteiger partial charge in [-0.1, -0.05) is 169 Å². The van der Waals surface area contributed by atoms with Gasteiger partial charge in [-0.15, -0.1) is 0 Å². The van der Waals surface area contributed by atoms with E-state index in [9.17, 15) is 0 Å². The number of hydrogen-bond donors (Lipinski definition) is 0. The molecule has 1 unspecified atom stereocenters. The molecule has 0 spiro atoms. The molecule has 0 N–H and O–H groups in total. The minimum absolute atomic E-state index is 0.198. The van der Waals surface area contributed by atoms with Crippen LogP contribution in [0.2, 0.25) is 0 Å². The Labute approximate surface area is 353 Å². The Hall–Kier alpha value is -5.99. The Morgan fingerprint density at radius 3 is 1.43 bits per heavy atom. The smallest absolute Gasteiger partial charge is 0.438 e. The van der Waals surface area contributed by atoms with Gasteiger partial charge in [0.2, 0.25) is 0 Å². The highest BCUT2D eigenvalue weighted by Gasteiger charge is 2.32. The van der Waals surface area contributed by atoms with Gasteiger partial charge >= 0.3 is 8.24 Å². The molecule has 1 aliphatic rings. The van der Waals surface area contributed by atoms with Gasteiger partial charge in [-0.25, -0.2) is 0 Å². The molecule has 0 saturated carbocycles. The standard InChI is InChI=1S/C53H46O5P2/c1-52(2,3)43-31-48(55-59-33-34-19-7-8-20-35(34)38-23-13-16-28-45(38)54-59)50(41-26-11-9-21-36(41)43)51-42-27-12-10-22-37(42)44(53(4,5)6)32-49(51)58-60-56-46-29-17-14-24-39(46)40-25-15-18-30-47(40)57-60/h7-32H,33H2,1-6H3. The van der Waals surface area contributed by atoms with Crippen LogP contribution in [-0.4, -0.2) is 0 Å². The Morgan fingerprint density at radius 1 is 0.450 bits per heavy atom. The third-order valence-corrected chi connectivity index (χ3v) is 13.8. The average molecular weight is 825 g/mol. The average Bonchev–Trinajstić information content (AvgIpc) is 3.50. The molecule has 0 bridgehead atoms. The normalized spacial score (nSPS) is 14.1. The van der Waals surface area contributed by atoms with Gasteiger partial charge in [0.1, 0.15) is 28.4 Å². The molecule has 5 nitrogen and oxygen atoms in total. The molecule has 8 aromatic carbocycles. The summed E-state index contributed by atoms with van der Waals surface area (Å²) in [6.07, 6.45) is 0.621. The van der Waals surface area contributed by atoms with Gasteiger partial charge in [0, 0.05) is 27.5 Å². The fourth-order valence-electron chi connectivity index (χ4n) is 8.57. The maximum atomic E-state index is 7.41. The number of benzene rings is 8. The number of hydrogen-bond acceptors (Lipinski definition) is 5. The van der Waals surface area contributed by atoms with Crippen LogP contribution in [0.25, 0.3) is 65.7 Å². The number of rotatable bonds is 5. The highest BCUT2D eigenvalue weighted by Crippen LogP contribution is 2.57. The highest BCUT2D eigenvalue weighted by atomic mass is 31.2. The van der Waals surface area contributed by atoms with Crippen molar-refractivity contribution in [3.05, 3.63) is 174 Å². The van der Waals surface area contributed by atoms with Crippen molar-refractivity contribution in [1.82, 2.24) is 0 Å². The van der Waals surface area contributed by atoms with Crippen LogP contribution >= 0.6 is 16.6 Å². The van der Waals surface area contributed by atoms with Crippen LogP contribution in [0, 0.1) is 0 Å². The lowest BCUT2D eigenvalue weighted by molar-refractivity contribution is 0.488. The second-order valence-corrected chi connectivity index (χ2v) is 19.8. The van der Waals surface area contributed by atoms with Crippen molar-refractivity contribution < 1.29 is 22.0 Å². The SMILES string of the molecule is CC(C)(C)c1cc(OP2Cc3ccccc3-c3ccccc3O2)c(-c2c(Op3oc4ccccc4c4ccccc4o3)cc(C(C)(C)C)c3ccccc23)c2ccccc12. The minimum atomic E-state index is -1.98. The van der Waals surface area contributed by atoms with E-state index < -0.39 is 16.6 Å². The first-order valence-electron chi connectivity index (χ1n) is 20.5. The van der Waals surface area contributed by atoms with Crippen molar-refractivity contribution in [3.63, 3.8) is 0 Å². The van der Waals surface area contributed by atoms with Crippen LogP contribution in [0.5, 0.6) is 17.2 Å². The molecule has 1 aliphatic heterocycles. The van der Waals surface area contributed by atoms with Gasteiger partial charge in [-0.3, -0.25) is 0 Å². The maximum absolute atomic E-state index is 7.41. The molecule has 298 valence electrons. The monoisotopic (exact) mass is 824 g/mol. The van der Waals surface area contributed by atoms with Crippen molar-refractivity contribution in [2.24, 2.45) is 0 Å². The summed E-state index contributed by atoms with van der Waals surface area (Å²) in [7, 11) is -3.47. The Bertz CT molecular complexity index is 3050. The van der Waals surface area contributed by atoms with Gasteiger partial charge in [0.15, 0.2) is 0 Å². The van der Waals surface area contributed by atoms with Crippen LogP contribution in [0.4, 0.5) is 0 Å². The predicted octanol–water partition coefficient (Wildman–Crippen LogP) is 16.7. The molecule has 0 aliphatic carbocycles. The topological polar surface area (TPSA) is 54.0 Å². The van der Waals surface area contributed by atoms with Crippen molar-refractivity contribution in [3.8, 4) is 39.5 Å². The molecule has 0 radical (unpaired) electrons. The van der Waals surface area contributed by atoms with E-state index in [0.717, 1.165) is 66.1 Å². The van der Waals surface area contributed by atoms with E-state index in [-0.39, 0.29) is 10.8 Å². The molecular weight excluding hydrogens is 779 g/mol. The summed E-state index contributed by atoms with van der Waals surface area (Å²) in [4.78, 5) is 0. The Kier molecular flexibility index (Phi) is 9.51. The van der Waals surface area contributed by atoms with Crippen LogP contribution < -0.4 is 13.6 Å². The number of fused-ring (bicyclic) bond motifs is 8. The fraction of sp³-hybridized carbons (Fsp3) is 0.170. The third-order valence-electron chi connectivity index (χ3n) is 11.4. The second-order valence-electron chi connectivity index (χ2n) is 17.5. The maximum Gasteiger partial charge on any atom is 0.453 e. The molecular formula is C53H46O5P2. The first kappa shape index (κ1) is 38.2. The zero-order valence-corrected chi connectivity index (χ0v) is 36.4. The molecule has 60 heavy (non-hydrogen) atoms. The van der Waals surface area contributed by atoms with Crippen LogP contribution in [0.1, 0.15) is 58.2 Å². The molecule has 0 amide bonds.